The van der Waals surface area contributed by atoms with Crippen LogP contribution in [-0.2, 0) is 4.79 Å². The van der Waals surface area contributed by atoms with Crippen molar-refractivity contribution in [2.45, 2.75) is 32.6 Å². The molecule has 1 aliphatic heterocycles. The van der Waals surface area contributed by atoms with Gasteiger partial charge in [0.05, 0.1) is 24.3 Å². The lowest BCUT2D eigenvalue weighted by Crippen LogP contribution is -2.35. The summed E-state index contributed by atoms with van der Waals surface area (Å²) in [5.74, 6) is 0.887. The number of hydrogen-bond acceptors (Lipinski definition) is 4. The number of rotatable bonds is 3. The SMILES string of the molecule is COc1ccccc1[C@@H]1C2=C(CC(C)(C)CC2=O)Nc2[nH]n(-c3ccccc3)c(=O)c21. The van der Waals surface area contributed by atoms with E-state index >= 15 is 0 Å². The van der Waals surface area contributed by atoms with E-state index in [-0.39, 0.29) is 16.8 Å². The topological polar surface area (TPSA) is 76.1 Å². The molecule has 31 heavy (non-hydrogen) atoms. The van der Waals surface area contributed by atoms with Crippen LogP contribution in [0.1, 0.15) is 43.7 Å². The molecular weight excluding hydrogens is 390 g/mol. The Hall–Kier alpha value is -3.54. The van der Waals surface area contributed by atoms with Gasteiger partial charge in [0.1, 0.15) is 11.6 Å². The summed E-state index contributed by atoms with van der Waals surface area (Å²) in [6, 6.07) is 17.1. The van der Waals surface area contributed by atoms with Crippen molar-refractivity contribution < 1.29 is 9.53 Å². The van der Waals surface area contributed by atoms with E-state index in [0.29, 0.717) is 29.1 Å². The third-order valence-electron chi connectivity index (χ3n) is 6.16. The third kappa shape index (κ3) is 3.10. The van der Waals surface area contributed by atoms with E-state index in [4.69, 9.17) is 4.74 Å². The van der Waals surface area contributed by atoms with Crippen LogP contribution < -0.4 is 15.6 Å². The van der Waals surface area contributed by atoms with Crippen LogP contribution in [0.2, 0.25) is 0 Å². The Morgan fingerprint density at radius 1 is 1.00 bits per heavy atom. The first-order valence-corrected chi connectivity index (χ1v) is 10.5. The molecule has 0 amide bonds. The standard InChI is InChI=1S/C25H25N3O3/c1-25(2)13-17-21(18(29)14-25)20(16-11-7-8-12-19(16)31-3)22-23(26-17)27-28(24(22)30)15-9-5-4-6-10-15/h4-12,20,26-27H,13-14H2,1-3H3/t20-/m1/s1. The second-order valence-corrected chi connectivity index (χ2v) is 9.01. The minimum atomic E-state index is -0.486. The van der Waals surface area contributed by atoms with Crippen molar-refractivity contribution in [2.24, 2.45) is 5.41 Å². The van der Waals surface area contributed by atoms with Crippen LogP contribution in [0.15, 0.2) is 70.7 Å². The summed E-state index contributed by atoms with van der Waals surface area (Å²) >= 11 is 0. The van der Waals surface area contributed by atoms with Crippen molar-refractivity contribution in [3.8, 4) is 11.4 Å². The first-order chi connectivity index (χ1) is 14.9. The van der Waals surface area contributed by atoms with Gasteiger partial charge in [-0.25, -0.2) is 4.68 Å². The van der Waals surface area contributed by atoms with Crippen molar-refractivity contribution in [1.82, 2.24) is 9.78 Å². The number of methoxy groups -OCH3 is 1. The van der Waals surface area contributed by atoms with Gasteiger partial charge in [-0.15, -0.1) is 0 Å². The molecule has 1 atom stereocenters. The fourth-order valence-electron chi connectivity index (χ4n) is 4.86. The van der Waals surface area contributed by atoms with Crippen LogP contribution in [0.5, 0.6) is 5.75 Å². The van der Waals surface area contributed by atoms with Crippen LogP contribution in [0.3, 0.4) is 0 Å². The molecular formula is C25H25N3O3. The molecule has 6 heteroatoms. The molecule has 2 aliphatic rings. The maximum atomic E-state index is 13.6. The number of nitrogens with zero attached hydrogens (tertiary/aromatic N) is 1. The minimum absolute atomic E-state index is 0.0761. The molecule has 0 radical (unpaired) electrons. The number of allylic oxidation sites excluding steroid dienone is 2. The molecule has 2 N–H and O–H groups in total. The number of ketones is 1. The summed E-state index contributed by atoms with van der Waals surface area (Å²) in [6.07, 6.45) is 1.18. The quantitative estimate of drug-likeness (QED) is 0.666. The van der Waals surface area contributed by atoms with Gasteiger partial charge in [-0.05, 0) is 30.0 Å². The highest BCUT2D eigenvalue weighted by Gasteiger charge is 2.43. The second-order valence-electron chi connectivity index (χ2n) is 9.01. The zero-order chi connectivity index (χ0) is 21.8. The van der Waals surface area contributed by atoms with Crippen molar-refractivity contribution in [3.63, 3.8) is 0 Å². The van der Waals surface area contributed by atoms with E-state index in [0.717, 1.165) is 23.4 Å². The highest BCUT2D eigenvalue weighted by Crippen LogP contribution is 2.49. The van der Waals surface area contributed by atoms with E-state index in [1.807, 2.05) is 54.6 Å². The summed E-state index contributed by atoms with van der Waals surface area (Å²) in [5.41, 5.74) is 3.35. The zero-order valence-corrected chi connectivity index (χ0v) is 17.9. The Morgan fingerprint density at radius 2 is 1.71 bits per heavy atom. The normalized spacial score (nSPS) is 19.5. The molecule has 5 rings (SSSR count). The lowest BCUT2D eigenvalue weighted by Gasteiger charge is -2.38. The largest absolute Gasteiger partial charge is 0.496 e. The molecule has 0 saturated heterocycles. The number of H-pyrrole nitrogens is 1. The summed E-state index contributed by atoms with van der Waals surface area (Å²) in [7, 11) is 1.61. The van der Waals surface area contributed by atoms with Crippen LogP contribution in [0.4, 0.5) is 5.82 Å². The number of Topliss-reactive ketones (excluding diaryl/α,β-unsaturated/α-hetero) is 1. The molecule has 0 fully saturated rings. The van der Waals surface area contributed by atoms with Gasteiger partial charge in [-0.3, -0.25) is 14.7 Å². The van der Waals surface area contributed by atoms with Crippen LogP contribution in [-0.4, -0.2) is 22.7 Å². The van der Waals surface area contributed by atoms with Gasteiger partial charge in [0, 0.05) is 23.3 Å². The van der Waals surface area contributed by atoms with Gasteiger partial charge in [0.2, 0.25) is 0 Å². The Labute approximate surface area is 180 Å². The number of carbonyl (C=O) groups excluding carboxylic acids is 1. The summed E-state index contributed by atoms with van der Waals surface area (Å²) in [4.78, 5) is 27.0. The third-order valence-corrected chi connectivity index (χ3v) is 6.16. The highest BCUT2D eigenvalue weighted by molar-refractivity contribution is 6.01. The Kier molecular flexibility index (Phi) is 4.39. The molecule has 0 spiro atoms. The molecule has 0 bridgehead atoms. The number of benzene rings is 2. The minimum Gasteiger partial charge on any atom is -0.496 e. The van der Waals surface area contributed by atoms with Crippen molar-refractivity contribution >= 4 is 11.6 Å². The Balaban J connectivity index is 1.78. The van der Waals surface area contributed by atoms with Crippen LogP contribution >= 0.6 is 0 Å². The molecule has 1 aromatic heterocycles. The van der Waals surface area contributed by atoms with Gasteiger partial charge in [0.15, 0.2) is 5.78 Å². The van der Waals surface area contributed by atoms with Gasteiger partial charge < -0.3 is 10.1 Å². The number of carbonyl (C=O) groups is 1. The van der Waals surface area contributed by atoms with Gasteiger partial charge in [-0.2, -0.15) is 0 Å². The molecule has 2 aromatic carbocycles. The average Bonchev–Trinajstić information content (AvgIpc) is 3.08. The number of fused-ring (bicyclic) bond motifs is 1. The lowest BCUT2D eigenvalue weighted by molar-refractivity contribution is -0.118. The summed E-state index contributed by atoms with van der Waals surface area (Å²) in [5, 5.41) is 6.63. The molecule has 3 aromatic rings. The van der Waals surface area contributed by atoms with E-state index in [9.17, 15) is 9.59 Å². The molecule has 1 aliphatic carbocycles. The smallest absolute Gasteiger partial charge is 0.277 e. The summed E-state index contributed by atoms with van der Waals surface area (Å²) in [6.45, 7) is 4.20. The van der Waals surface area contributed by atoms with Gasteiger partial charge in [-0.1, -0.05) is 50.2 Å². The van der Waals surface area contributed by atoms with Crippen molar-refractivity contribution in [1.29, 1.82) is 0 Å². The van der Waals surface area contributed by atoms with Crippen molar-refractivity contribution in [2.75, 3.05) is 12.4 Å². The maximum Gasteiger partial charge on any atom is 0.277 e. The fraction of sp³-hybridized carbons (Fsp3) is 0.280. The first-order valence-electron chi connectivity index (χ1n) is 10.5. The number of aromatic nitrogens is 2. The van der Waals surface area contributed by atoms with Crippen molar-refractivity contribution in [3.05, 3.63) is 87.3 Å². The molecule has 0 saturated carbocycles. The Morgan fingerprint density at radius 3 is 2.45 bits per heavy atom. The predicted octanol–water partition coefficient (Wildman–Crippen LogP) is 4.37. The first kappa shape index (κ1) is 19.4. The summed E-state index contributed by atoms with van der Waals surface area (Å²) < 4.78 is 7.16. The van der Waals surface area contributed by atoms with E-state index in [2.05, 4.69) is 24.3 Å². The average molecular weight is 415 g/mol. The number of hydrogen-bond donors (Lipinski definition) is 2. The second kappa shape index (κ2) is 7.01. The Bertz CT molecular complexity index is 1260. The molecule has 158 valence electrons. The van der Waals surface area contributed by atoms with E-state index in [1.165, 1.54) is 4.68 Å². The predicted molar refractivity (Wildman–Crippen MR) is 120 cm³/mol. The number of ether oxygens (including phenoxy) is 1. The van der Waals surface area contributed by atoms with Gasteiger partial charge in [0.25, 0.3) is 5.56 Å². The number of nitrogens with one attached hydrogen (secondary N) is 2. The van der Waals surface area contributed by atoms with Crippen LogP contribution in [0, 0.1) is 5.41 Å². The zero-order valence-electron chi connectivity index (χ0n) is 17.9. The number of anilines is 1. The monoisotopic (exact) mass is 415 g/mol. The molecule has 0 unspecified atom stereocenters. The van der Waals surface area contributed by atoms with Gasteiger partial charge >= 0.3 is 0 Å². The maximum absolute atomic E-state index is 13.6. The highest BCUT2D eigenvalue weighted by atomic mass is 16.5. The lowest BCUT2D eigenvalue weighted by atomic mass is 9.69. The number of aromatic amines is 1. The number of para-hydroxylation sites is 2. The fourth-order valence-corrected chi connectivity index (χ4v) is 4.86. The van der Waals surface area contributed by atoms with Crippen LogP contribution in [0.25, 0.3) is 5.69 Å². The van der Waals surface area contributed by atoms with E-state index in [1.54, 1.807) is 7.11 Å². The van der Waals surface area contributed by atoms with E-state index < -0.39 is 5.92 Å². The molecule has 6 nitrogen and oxygen atoms in total. The molecule has 2 heterocycles.